The smallest absolute Gasteiger partial charge is 0.306 e. The normalized spacial score (nSPS) is 11.3. The van der Waals surface area contributed by atoms with E-state index in [4.69, 9.17) is 0 Å². The van der Waals surface area contributed by atoms with Crippen molar-refractivity contribution in [3.05, 3.63) is 36.5 Å². The van der Waals surface area contributed by atoms with Crippen molar-refractivity contribution < 1.29 is 18.0 Å². The number of pyridine rings is 1. The zero-order chi connectivity index (χ0) is 13.2. The summed E-state index contributed by atoms with van der Waals surface area (Å²) in [5, 5.41) is 3.69. The van der Waals surface area contributed by atoms with E-state index in [1.54, 1.807) is 24.3 Å². The third-order valence-electron chi connectivity index (χ3n) is 2.14. The van der Waals surface area contributed by atoms with Crippen LogP contribution in [0.25, 0.3) is 10.9 Å². The minimum absolute atomic E-state index is 0.217. The predicted octanol–water partition coefficient (Wildman–Crippen LogP) is 2.88. The first kappa shape index (κ1) is 12.2. The fourth-order valence-electron chi connectivity index (χ4n) is 1.49. The zero-order valence-corrected chi connectivity index (χ0v) is 8.95. The molecule has 0 aliphatic heterocycles. The lowest BCUT2D eigenvalue weighted by molar-refractivity contribution is -0.144. The monoisotopic (exact) mass is 255 g/mol. The SMILES string of the molecule is O=C(Nc1cccc2cccnc12)NC(F)(F)F. The van der Waals surface area contributed by atoms with E-state index >= 15 is 0 Å². The standard InChI is InChI=1S/C11H8F3N3O/c12-11(13,14)17-10(18)16-8-5-1-3-7-4-2-6-15-9(7)8/h1-6H,(H2,16,17,18). The molecule has 1 aromatic heterocycles. The van der Waals surface area contributed by atoms with Gasteiger partial charge in [0.15, 0.2) is 0 Å². The van der Waals surface area contributed by atoms with Crippen LogP contribution in [0, 0.1) is 0 Å². The molecule has 2 amide bonds. The molecule has 18 heavy (non-hydrogen) atoms. The van der Waals surface area contributed by atoms with E-state index in [1.165, 1.54) is 12.3 Å². The molecule has 0 fully saturated rings. The number of halogens is 3. The van der Waals surface area contributed by atoms with Crippen LogP contribution in [0.5, 0.6) is 0 Å². The molecule has 94 valence electrons. The van der Waals surface area contributed by atoms with E-state index in [0.29, 0.717) is 5.52 Å². The summed E-state index contributed by atoms with van der Waals surface area (Å²) in [6, 6.07) is 6.94. The summed E-state index contributed by atoms with van der Waals surface area (Å²) in [6.45, 7) is 0. The molecule has 0 aliphatic carbocycles. The highest BCUT2D eigenvalue weighted by atomic mass is 19.4. The average molecular weight is 255 g/mol. The lowest BCUT2D eigenvalue weighted by Crippen LogP contribution is -2.40. The van der Waals surface area contributed by atoms with Crippen LogP contribution in [0.1, 0.15) is 0 Å². The van der Waals surface area contributed by atoms with E-state index in [0.717, 1.165) is 10.7 Å². The van der Waals surface area contributed by atoms with Gasteiger partial charge in [-0.1, -0.05) is 18.2 Å². The molecule has 0 bridgehead atoms. The van der Waals surface area contributed by atoms with Gasteiger partial charge in [0.25, 0.3) is 0 Å². The number of hydrogen-bond acceptors (Lipinski definition) is 2. The van der Waals surface area contributed by atoms with Crippen molar-refractivity contribution in [2.24, 2.45) is 0 Å². The van der Waals surface area contributed by atoms with Gasteiger partial charge in [-0.2, -0.15) is 13.2 Å². The summed E-state index contributed by atoms with van der Waals surface area (Å²) in [5.74, 6) is 0. The molecule has 4 nitrogen and oxygen atoms in total. The zero-order valence-electron chi connectivity index (χ0n) is 8.95. The number of rotatable bonds is 1. The molecule has 0 atom stereocenters. The van der Waals surface area contributed by atoms with Crippen molar-refractivity contribution in [1.29, 1.82) is 0 Å². The van der Waals surface area contributed by atoms with Crippen molar-refractivity contribution in [3.63, 3.8) is 0 Å². The first-order valence-corrected chi connectivity index (χ1v) is 4.95. The minimum Gasteiger partial charge on any atom is -0.306 e. The molecule has 1 aromatic carbocycles. The number of anilines is 1. The number of urea groups is 1. The number of benzene rings is 1. The van der Waals surface area contributed by atoms with E-state index in [9.17, 15) is 18.0 Å². The number of para-hydroxylation sites is 1. The number of nitrogens with one attached hydrogen (secondary N) is 2. The Balaban J connectivity index is 2.24. The minimum atomic E-state index is -4.76. The summed E-state index contributed by atoms with van der Waals surface area (Å²) in [7, 11) is 0. The molecular formula is C11H8F3N3O. The van der Waals surface area contributed by atoms with E-state index < -0.39 is 12.3 Å². The predicted molar refractivity (Wildman–Crippen MR) is 60.0 cm³/mol. The van der Waals surface area contributed by atoms with Crippen LogP contribution in [0.4, 0.5) is 23.7 Å². The molecule has 0 saturated carbocycles. The van der Waals surface area contributed by atoms with E-state index in [-0.39, 0.29) is 5.69 Å². The quantitative estimate of drug-likeness (QED) is 0.770. The van der Waals surface area contributed by atoms with Gasteiger partial charge in [0.2, 0.25) is 0 Å². The van der Waals surface area contributed by atoms with Gasteiger partial charge in [0, 0.05) is 11.6 Å². The highest BCUT2D eigenvalue weighted by Crippen LogP contribution is 2.20. The molecule has 1 heterocycles. The number of fused-ring (bicyclic) bond motifs is 1. The van der Waals surface area contributed by atoms with Crippen LogP contribution in [0.15, 0.2) is 36.5 Å². The fourth-order valence-corrected chi connectivity index (χ4v) is 1.49. The van der Waals surface area contributed by atoms with Crippen molar-refractivity contribution in [2.45, 2.75) is 6.30 Å². The maximum absolute atomic E-state index is 11.9. The summed E-state index contributed by atoms with van der Waals surface area (Å²) < 4.78 is 35.8. The van der Waals surface area contributed by atoms with Crippen LogP contribution in [0.3, 0.4) is 0 Å². The van der Waals surface area contributed by atoms with Crippen LogP contribution >= 0.6 is 0 Å². The molecule has 0 radical (unpaired) electrons. The number of hydrogen-bond donors (Lipinski definition) is 2. The van der Waals surface area contributed by atoms with Gasteiger partial charge in [-0.25, -0.2) is 10.1 Å². The molecule has 2 N–H and O–H groups in total. The Kier molecular flexibility index (Phi) is 3.05. The van der Waals surface area contributed by atoms with Crippen LogP contribution in [0.2, 0.25) is 0 Å². The van der Waals surface area contributed by atoms with Crippen LogP contribution in [-0.2, 0) is 0 Å². The third-order valence-corrected chi connectivity index (χ3v) is 2.14. The van der Waals surface area contributed by atoms with Gasteiger partial charge < -0.3 is 5.32 Å². The Labute approximate surface area is 99.8 Å². The van der Waals surface area contributed by atoms with Crippen molar-refractivity contribution in [2.75, 3.05) is 5.32 Å². The number of nitrogens with zero attached hydrogens (tertiary/aromatic N) is 1. The first-order valence-electron chi connectivity index (χ1n) is 4.95. The van der Waals surface area contributed by atoms with Gasteiger partial charge >= 0.3 is 12.3 Å². The van der Waals surface area contributed by atoms with Crippen molar-refractivity contribution >= 4 is 22.6 Å². The Morgan fingerprint density at radius 2 is 1.89 bits per heavy atom. The fraction of sp³-hybridized carbons (Fsp3) is 0.0909. The molecule has 2 rings (SSSR count). The highest BCUT2D eigenvalue weighted by molar-refractivity contribution is 5.99. The molecule has 2 aromatic rings. The van der Waals surface area contributed by atoms with Gasteiger partial charge in [0.05, 0.1) is 11.2 Å². The van der Waals surface area contributed by atoms with Crippen LogP contribution < -0.4 is 10.6 Å². The Hall–Kier alpha value is -2.31. The first-order chi connectivity index (χ1) is 8.46. The molecular weight excluding hydrogens is 247 g/mol. The molecule has 0 unspecified atom stereocenters. The second kappa shape index (κ2) is 4.52. The Morgan fingerprint density at radius 3 is 2.61 bits per heavy atom. The number of carbonyl (C=O) groups is 1. The number of alkyl halides is 3. The van der Waals surface area contributed by atoms with Gasteiger partial charge in [-0.05, 0) is 12.1 Å². The molecule has 0 spiro atoms. The second-order valence-electron chi connectivity index (χ2n) is 3.46. The van der Waals surface area contributed by atoms with Crippen molar-refractivity contribution in [1.82, 2.24) is 10.3 Å². The summed E-state index contributed by atoms with van der Waals surface area (Å²) in [5.41, 5.74) is 0.646. The lowest BCUT2D eigenvalue weighted by Gasteiger charge is -2.11. The number of aromatic nitrogens is 1. The topological polar surface area (TPSA) is 54.0 Å². The van der Waals surface area contributed by atoms with Crippen molar-refractivity contribution in [3.8, 4) is 0 Å². The lowest BCUT2D eigenvalue weighted by atomic mass is 10.2. The maximum Gasteiger partial charge on any atom is 0.485 e. The van der Waals surface area contributed by atoms with Gasteiger partial charge in [-0.15, -0.1) is 0 Å². The largest absolute Gasteiger partial charge is 0.485 e. The Morgan fingerprint density at radius 1 is 1.17 bits per heavy atom. The maximum atomic E-state index is 11.9. The molecule has 0 aliphatic rings. The summed E-state index contributed by atoms with van der Waals surface area (Å²) in [4.78, 5) is 15.1. The Bertz CT molecular complexity index is 578. The second-order valence-corrected chi connectivity index (χ2v) is 3.46. The van der Waals surface area contributed by atoms with Gasteiger partial charge in [0.1, 0.15) is 0 Å². The van der Waals surface area contributed by atoms with Crippen LogP contribution in [-0.4, -0.2) is 17.3 Å². The van der Waals surface area contributed by atoms with E-state index in [2.05, 4.69) is 10.3 Å². The van der Waals surface area contributed by atoms with E-state index in [1.807, 2.05) is 0 Å². The molecule has 7 heteroatoms. The summed E-state index contributed by atoms with van der Waals surface area (Å²) >= 11 is 0. The van der Waals surface area contributed by atoms with Gasteiger partial charge in [-0.3, -0.25) is 4.98 Å². The molecule has 0 saturated heterocycles. The number of carbonyl (C=O) groups excluding carboxylic acids is 1. The third kappa shape index (κ3) is 2.88. The average Bonchev–Trinajstić information content (AvgIpc) is 2.27. The summed E-state index contributed by atoms with van der Waals surface area (Å²) in [6.07, 6.45) is -3.27. The highest BCUT2D eigenvalue weighted by Gasteiger charge is 2.30. The number of amides is 2.